The molecule has 0 saturated heterocycles. The van der Waals surface area contributed by atoms with Crippen molar-refractivity contribution in [3.8, 4) is 0 Å². The molecule has 0 bridgehead atoms. The Bertz CT molecular complexity index is 910. The van der Waals surface area contributed by atoms with Crippen molar-refractivity contribution >= 4 is 29.7 Å². The highest BCUT2D eigenvalue weighted by molar-refractivity contribution is 5.94. The summed E-state index contributed by atoms with van der Waals surface area (Å²) in [7, 11) is 0. The molecule has 4 unspecified atom stereocenters. The van der Waals surface area contributed by atoms with Crippen LogP contribution in [0.1, 0.15) is 51.5 Å². The Morgan fingerprint density at radius 1 is 0.838 bits per heavy atom. The van der Waals surface area contributed by atoms with E-state index in [-0.39, 0.29) is 25.2 Å². The summed E-state index contributed by atoms with van der Waals surface area (Å²) < 4.78 is 0. The van der Waals surface area contributed by atoms with Crippen molar-refractivity contribution in [1.82, 2.24) is 16.0 Å². The van der Waals surface area contributed by atoms with Crippen molar-refractivity contribution in [3.63, 3.8) is 0 Å². The first-order chi connectivity index (χ1) is 17.4. The largest absolute Gasteiger partial charge is 0.481 e. The second-order valence-electron chi connectivity index (χ2n) is 9.33. The summed E-state index contributed by atoms with van der Waals surface area (Å²) in [4.78, 5) is 61.3. The molecule has 1 rings (SSSR count). The highest BCUT2D eigenvalue weighted by Gasteiger charge is 2.31. The SMILES string of the molecule is CC(C)CC(NC(=O)C(Cc1ccccc1)NC(=O)C(CCCCN)NC(=O)C(N)CC(=O)O)C(=O)O. The molecule has 0 aliphatic heterocycles. The van der Waals surface area contributed by atoms with Crippen LogP contribution in [-0.2, 0) is 30.4 Å². The Morgan fingerprint density at radius 3 is 1.95 bits per heavy atom. The maximum absolute atomic E-state index is 13.2. The zero-order chi connectivity index (χ0) is 28.0. The fourth-order valence-electron chi connectivity index (χ4n) is 3.62. The lowest BCUT2D eigenvalue weighted by molar-refractivity contribution is -0.142. The molecule has 1 aromatic rings. The standard InChI is InChI=1S/C25H39N5O7/c1-15(2)12-20(25(36)37)30-24(35)19(13-16-8-4-3-5-9-16)29-23(34)18(10-6-7-11-26)28-22(33)17(27)14-21(31)32/h3-5,8-9,15,17-20H,6-7,10-14,26-27H2,1-2H3,(H,28,33)(H,29,34)(H,30,35)(H,31,32)(H,36,37). The molecule has 12 nitrogen and oxygen atoms in total. The number of carboxylic acids is 2. The number of amides is 3. The molecule has 9 N–H and O–H groups in total. The van der Waals surface area contributed by atoms with E-state index < -0.39 is 60.2 Å². The molecule has 0 fully saturated rings. The summed E-state index contributed by atoms with van der Waals surface area (Å²) in [6.45, 7) is 4.02. The van der Waals surface area contributed by atoms with E-state index in [0.717, 1.165) is 5.56 Å². The van der Waals surface area contributed by atoms with Crippen molar-refractivity contribution in [2.24, 2.45) is 17.4 Å². The van der Waals surface area contributed by atoms with Gasteiger partial charge in [0.25, 0.3) is 0 Å². The lowest BCUT2D eigenvalue weighted by atomic mass is 10.0. The molecule has 0 aromatic heterocycles. The number of unbranched alkanes of at least 4 members (excludes halogenated alkanes) is 1. The van der Waals surface area contributed by atoms with Crippen LogP contribution >= 0.6 is 0 Å². The van der Waals surface area contributed by atoms with E-state index in [1.54, 1.807) is 30.3 Å². The van der Waals surface area contributed by atoms with Crippen LogP contribution in [0.15, 0.2) is 30.3 Å². The second-order valence-corrected chi connectivity index (χ2v) is 9.33. The molecule has 12 heteroatoms. The number of carbonyl (C=O) groups is 5. The van der Waals surface area contributed by atoms with Gasteiger partial charge in [-0.25, -0.2) is 4.79 Å². The summed E-state index contributed by atoms with van der Waals surface area (Å²) in [6, 6.07) is 4.12. The van der Waals surface area contributed by atoms with Crippen LogP contribution in [0.5, 0.6) is 0 Å². The molecule has 0 spiro atoms. The minimum absolute atomic E-state index is 0.000661. The Hall–Kier alpha value is -3.51. The summed E-state index contributed by atoms with van der Waals surface area (Å²) in [5, 5.41) is 26.0. The molecule has 0 saturated carbocycles. The minimum atomic E-state index is -1.36. The number of aliphatic carboxylic acids is 2. The summed E-state index contributed by atoms with van der Waals surface area (Å²) in [5.41, 5.74) is 11.9. The van der Waals surface area contributed by atoms with Gasteiger partial charge in [0.2, 0.25) is 17.7 Å². The van der Waals surface area contributed by atoms with Gasteiger partial charge in [0.1, 0.15) is 18.1 Å². The van der Waals surface area contributed by atoms with Crippen LogP contribution in [0.3, 0.4) is 0 Å². The van der Waals surface area contributed by atoms with Gasteiger partial charge in [-0.1, -0.05) is 44.2 Å². The van der Waals surface area contributed by atoms with Gasteiger partial charge >= 0.3 is 11.9 Å². The predicted molar refractivity (Wildman–Crippen MR) is 136 cm³/mol. The number of carboxylic acid groups (broad SMARTS) is 2. The van der Waals surface area contributed by atoms with Gasteiger partial charge in [-0.2, -0.15) is 0 Å². The number of rotatable bonds is 17. The zero-order valence-corrected chi connectivity index (χ0v) is 21.3. The molecular weight excluding hydrogens is 482 g/mol. The highest BCUT2D eigenvalue weighted by Crippen LogP contribution is 2.09. The number of hydrogen-bond donors (Lipinski definition) is 7. The monoisotopic (exact) mass is 521 g/mol. The van der Waals surface area contributed by atoms with Crippen molar-refractivity contribution < 1.29 is 34.2 Å². The molecule has 1 aromatic carbocycles. The normalized spacial score (nSPS) is 14.2. The van der Waals surface area contributed by atoms with E-state index in [4.69, 9.17) is 16.6 Å². The van der Waals surface area contributed by atoms with Gasteiger partial charge < -0.3 is 37.6 Å². The first-order valence-electron chi connectivity index (χ1n) is 12.3. The average molecular weight is 522 g/mol. The van der Waals surface area contributed by atoms with Crippen LogP contribution in [0.4, 0.5) is 0 Å². The summed E-state index contributed by atoms with van der Waals surface area (Å²) >= 11 is 0. The van der Waals surface area contributed by atoms with Gasteiger partial charge in [0, 0.05) is 6.42 Å². The van der Waals surface area contributed by atoms with Gasteiger partial charge in [0.15, 0.2) is 0 Å². The van der Waals surface area contributed by atoms with E-state index >= 15 is 0 Å². The zero-order valence-electron chi connectivity index (χ0n) is 21.3. The number of benzene rings is 1. The number of carbonyl (C=O) groups excluding carboxylic acids is 3. The van der Waals surface area contributed by atoms with E-state index in [1.807, 2.05) is 13.8 Å². The van der Waals surface area contributed by atoms with Crippen molar-refractivity contribution in [3.05, 3.63) is 35.9 Å². The maximum atomic E-state index is 13.2. The predicted octanol–water partition coefficient (Wildman–Crippen LogP) is -0.255. The molecule has 3 amide bonds. The number of nitrogens with two attached hydrogens (primary N) is 2. The van der Waals surface area contributed by atoms with Gasteiger partial charge in [-0.3, -0.25) is 19.2 Å². The van der Waals surface area contributed by atoms with Crippen LogP contribution in [0.2, 0.25) is 0 Å². The second kappa shape index (κ2) is 16.3. The lowest BCUT2D eigenvalue weighted by Crippen LogP contribution is -2.57. The molecule has 0 aliphatic carbocycles. The van der Waals surface area contributed by atoms with Gasteiger partial charge in [-0.15, -0.1) is 0 Å². The summed E-state index contributed by atoms with van der Waals surface area (Å²) in [6.07, 6.45) is 0.896. The maximum Gasteiger partial charge on any atom is 0.326 e. The van der Waals surface area contributed by atoms with Crippen LogP contribution < -0.4 is 27.4 Å². The fraction of sp³-hybridized carbons (Fsp3) is 0.560. The summed E-state index contributed by atoms with van der Waals surface area (Å²) in [5.74, 6) is -4.63. The molecular formula is C25H39N5O7. The van der Waals surface area contributed by atoms with E-state index in [1.165, 1.54) is 0 Å². The van der Waals surface area contributed by atoms with Crippen LogP contribution in [-0.4, -0.2) is 70.6 Å². The Morgan fingerprint density at radius 2 is 1.41 bits per heavy atom. The van der Waals surface area contributed by atoms with Crippen LogP contribution in [0, 0.1) is 5.92 Å². The first kappa shape index (κ1) is 31.5. The third kappa shape index (κ3) is 12.3. The van der Waals surface area contributed by atoms with E-state index in [9.17, 15) is 29.1 Å². The Balaban J connectivity index is 3.12. The van der Waals surface area contributed by atoms with Crippen LogP contribution in [0.25, 0.3) is 0 Å². The molecule has 0 radical (unpaired) electrons. The molecule has 0 heterocycles. The molecule has 4 atom stereocenters. The highest BCUT2D eigenvalue weighted by atomic mass is 16.4. The molecule has 37 heavy (non-hydrogen) atoms. The number of hydrogen-bond acceptors (Lipinski definition) is 7. The smallest absolute Gasteiger partial charge is 0.326 e. The Kier molecular flexibility index (Phi) is 13.9. The topological polar surface area (TPSA) is 214 Å². The third-order valence-corrected chi connectivity index (χ3v) is 5.55. The van der Waals surface area contributed by atoms with E-state index in [2.05, 4.69) is 16.0 Å². The Labute approximate surface area is 216 Å². The van der Waals surface area contributed by atoms with Crippen molar-refractivity contribution in [2.75, 3.05) is 6.54 Å². The van der Waals surface area contributed by atoms with Crippen molar-refractivity contribution in [2.45, 2.75) is 76.5 Å². The quantitative estimate of drug-likeness (QED) is 0.134. The molecule has 0 aliphatic rings. The van der Waals surface area contributed by atoms with Gasteiger partial charge in [-0.05, 0) is 43.7 Å². The third-order valence-electron chi connectivity index (χ3n) is 5.55. The van der Waals surface area contributed by atoms with E-state index in [0.29, 0.717) is 19.4 Å². The minimum Gasteiger partial charge on any atom is -0.481 e. The lowest BCUT2D eigenvalue weighted by Gasteiger charge is -2.25. The van der Waals surface area contributed by atoms with Gasteiger partial charge in [0.05, 0.1) is 12.5 Å². The average Bonchev–Trinajstić information content (AvgIpc) is 2.82. The van der Waals surface area contributed by atoms with Crippen molar-refractivity contribution in [1.29, 1.82) is 0 Å². The fourth-order valence-corrected chi connectivity index (χ4v) is 3.62. The number of nitrogens with one attached hydrogen (secondary N) is 3. The first-order valence-corrected chi connectivity index (χ1v) is 12.3. The molecule has 206 valence electrons.